The van der Waals surface area contributed by atoms with Crippen molar-refractivity contribution in [2.45, 2.75) is 20.8 Å². The molecule has 3 rings (SSSR count). The maximum absolute atomic E-state index is 5.37. The van der Waals surface area contributed by atoms with Gasteiger partial charge in [0.05, 0.1) is 18.4 Å². The highest BCUT2D eigenvalue weighted by atomic mass is 32.2. The van der Waals surface area contributed by atoms with Crippen LogP contribution in [-0.4, -0.2) is 32.1 Å². The molecule has 1 aliphatic rings. The molecule has 0 amide bonds. The molecule has 0 bridgehead atoms. The van der Waals surface area contributed by atoms with Crippen LogP contribution in [0.4, 0.5) is 0 Å². The molecule has 0 saturated carbocycles. The summed E-state index contributed by atoms with van der Waals surface area (Å²) in [5.74, 6) is 0. The van der Waals surface area contributed by atoms with Crippen molar-refractivity contribution in [2.75, 3.05) is 13.1 Å². The van der Waals surface area contributed by atoms with E-state index in [9.17, 15) is 0 Å². The second-order valence-electron chi connectivity index (χ2n) is 5.48. The Morgan fingerprint density at radius 3 is 2.82 bits per heavy atom. The summed E-state index contributed by atoms with van der Waals surface area (Å²) < 4.78 is 2.89. The van der Waals surface area contributed by atoms with Gasteiger partial charge in [0.1, 0.15) is 4.32 Å². The first-order valence-corrected chi connectivity index (χ1v) is 8.59. The average Bonchev–Trinajstić information content (AvgIpc) is 3.09. The molecular weight excluding hydrogens is 310 g/mol. The average molecular weight is 329 g/mol. The monoisotopic (exact) mass is 329 g/mol. The van der Waals surface area contributed by atoms with Gasteiger partial charge in [-0.2, -0.15) is 5.10 Å². The molecule has 1 saturated heterocycles. The molecule has 1 aliphatic heterocycles. The number of hydrogen-bond donors (Lipinski definition) is 0. The van der Waals surface area contributed by atoms with Crippen molar-refractivity contribution < 1.29 is 0 Å². The SMILES string of the molecule is CCN1C/C(=C/c2cnn(-c3ccc(C)c(C)c3)c2)SC1=S. The molecular formula is C17H19N3S2. The van der Waals surface area contributed by atoms with Crippen LogP contribution in [0.3, 0.4) is 0 Å². The van der Waals surface area contributed by atoms with Gasteiger partial charge in [0.2, 0.25) is 0 Å². The normalized spacial score (nSPS) is 16.8. The Bertz CT molecular complexity index is 746. The van der Waals surface area contributed by atoms with Crippen molar-refractivity contribution in [1.82, 2.24) is 14.7 Å². The molecule has 22 heavy (non-hydrogen) atoms. The summed E-state index contributed by atoms with van der Waals surface area (Å²) in [5.41, 5.74) is 4.79. The number of rotatable bonds is 3. The van der Waals surface area contributed by atoms with Crippen molar-refractivity contribution >= 4 is 34.4 Å². The summed E-state index contributed by atoms with van der Waals surface area (Å²) in [5, 5.41) is 4.47. The molecule has 3 nitrogen and oxygen atoms in total. The largest absolute Gasteiger partial charge is 0.353 e. The van der Waals surface area contributed by atoms with E-state index in [2.05, 4.69) is 61.2 Å². The van der Waals surface area contributed by atoms with E-state index < -0.39 is 0 Å². The Hall–Kier alpha value is -1.59. The fraction of sp³-hybridized carbons (Fsp3) is 0.294. The Balaban J connectivity index is 1.82. The molecule has 1 aromatic heterocycles. The minimum atomic E-state index is 0.912. The van der Waals surface area contributed by atoms with E-state index in [1.54, 1.807) is 11.8 Å². The molecule has 0 aliphatic carbocycles. The van der Waals surface area contributed by atoms with Gasteiger partial charge in [-0.15, -0.1) is 0 Å². The molecule has 0 N–H and O–H groups in total. The lowest BCUT2D eigenvalue weighted by atomic mass is 10.1. The quantitative estimate of drug-likeness (QED) is 0.787. The first-order valence-electron chi connectivity index (χ1n) is 7.36. The zero-order valence-electron chi connectivity index (χ0n) is 13.0. The van der Waals surface area contributed by atoms with Crippen LogP contribution in [-0.2, 0) is 0 Å². The first-order chi connectivity index (χ1) is 10.6. The summed E-state index contributed by atoms with van der Waals surface area (Å²) in [7, 11) is 0. The Morgan fingerprint density at radius 1 is 1.32 bits per heavy atom. The number of thiocarbonyl (C=S) groups is 1. The molecule has 1 aromatic carbocycles. The highest BCUT2D eigenvalue weighted by Gasteiger charge is 2.20. The molecule has 2 heterocycles. The zero-order valence-corrected chi connectivity index (χ0v) is 14.7. The van der Waals surface area contributed by atoms with Crippen LogP contribution in [0.25, 0.3) is 11.8 Å². The predicted octanol–water partition coefficient (Wildman–Crippen LogP) is 4.18. The van der Waals surface area contributed by atoms with Gasteiger partial charge < -0.3 is 4.90 Å². The van der Waals surface area contributed by atoms with Crippen molar-refractivity contribution in [1.29, 1.82) is 0 Å². The van der Waals surface area contributed by atoms with Crippen LogP contribution in [0.1, 0.15) is 23.6 Å². The van der Waals surface area contributed by atoms with E-state index >= 15 is 0 Å². The number of aromatic nitrogens is 2. The minimum Gasteiger partial charge on any atom is -0.353 e. The highest BCUT2D eigenvalue weighted by molar-refractivity contribution is 8.25. The first kappa shape index (κ1) is 15.3. The lowest BCUT2D eigenvalue weighted by Crippen LogP contribution is -2.21. The Kier molecular flexibility index (Phi) is 4.36. The third-order valence-electron chi connectivity index (χ3n) is 3.89. The van der Waals surface area contributed by atoms with Crippen LogP contribution >= 0.6 is 24.0 Å². The number of aryl methyl sites for hydroxylation is 2. The number of thioether (sulfide) groups is 1. The van der Waals surface area contributed by atoms with E-state index in [1.165, 1.54) is 16.0 Å². The lowest BCUT2D eigenvalue weighted by Gasteiger charge is -2.11. The van der Waals surface area contributed by atoms with E-state index in [0.29, 0.717) is 0 Å². The van der Waals surface area contributed by atoms with E-state index in [-0.39, 0.29) is 0 Å². The Morgan fingerprint density at radius 2 is 2.14 bits per heavy atom. The number of nitrogens with zero attached hydrogens (tertiary/aromatic N) is 3. The van der Waals surface area contributed by atoms with Gasteiger partial charge in [0.15, 0.2) is 0 Å². The second kappa shape index (κ2) is 6.26. The van der Waals surface area contributed by atoms with Crippen LogP contribution in [0.5, 0.6) is 0 Å². The van der Waals surface area contributed by atoms with Crippen LogP contribution in [0, 0.1) is 13.8 Å². The van der Waals surface area contributed by atoms with Gasteiger partial charge in [0, 0.05) is 23.2 Å². The Labute approximate surface area is 141 Å². The molecule has 1 fully saturated rings. The summed E-state index contributed by atoms with van der Waals surface area (Å²) in [6, 6.07) is 6.40. The summed E-state index contributed by atoms with van der Waals surface area (Å²) in [6.07, 6.45) is 6.15. The van der Waals surface area contributed by atoms with E-state index in [1.807, 2.05) is 10.9 Å². The molecule has 5 heteroatoms. The van der Waals surface area contributed by atoms with E-state index in [0.717, 1.165) is 28.7 Å². The number of benzene rings is 1. The second-order valence-corrected chi connectivity index (χ2v) is 7.24. The number of hydrogen-bond acceptors (Lipinski definition) is 3. The van der Waals surface area contributed by atoms with E-state index in [4.69, 9.17) is 12.2 Å². The minimum absolute atomic E-state index is 0.912. The molecule has 2 aromatic rings. The van der Waals surface area contributed by atoms with Gasteiger partial charge in [0.25, 0.3) is 0 Å². The van der Waals surface area contributed by atoms with Gasteiger partial charge in [-0.05, 0) is 50.1 Å². The smallest absolute Gasteiger partial charge is 0.141 e. The van der Waals surface area contributed by atoms with Crippen LogP contribution in [0.2, 0.25) is 0 Å². The van der Waals surface area contributed by atoms with Gasteiger partial charge in [-0.3, -0.25) is 0 Å². The van der Waals surface area contributed by atoms with Crippen LogP contribution in [0.15, 0.2) is 35.5 Å². The van der Waals surface area contributed by atoms with Gasteiger partial charge in [-0.1, -0.05) is 30.0 Å². The molecule has 0 unspecified atom stereocenters. The molecule has 114 valence electrons. The number of likely N-dealkylation sites (N-methyl/N-ethyl adjacent to an activating group) is 1. The predicted molar refractivity (Wildman–Crippen MR) is 98.5 cm³/mol. The van der Waals surface area contributed by atoms with Crippen molar-refractivity contribution in [3.05, 3.63) is 52.2 Å². The fourth-order valence-electron chi connectivity index (χ4n) is 2.38. The summed E-state index contributed by atoms with van der Waals surface area (Å²) >= 11 is 7.05. The molecule has 0 spiro atoms. The molecule has 0 radical (unpaired) electrons. The van der Waals surface area contributed by atoms with Crippen molar-refractivity contribution in [3.63, 3.8) is 0 Å². The zero-order chi connectivity index (χ0) is 15.7. The standard InChI is InChI=1S/C17H19N3S2/c1-4-19-11-16(22-17(19)21)8-14-9-18-20(10-14)15-6-5-12(2)13(3)7-15/h5-10H,4,11H2,1-3H3/b16-8-. The highest BCUT2D eigenvalue weighted by Crippen LogP contribution is 2.30. The van der Waals surface area contributed by atoms with Gasteiger partial charge in [-0.25, -0.2) is 4.68 Å². The summed E-state index contributed by atoms with van der Waals surface area (Å²) in [4.78, 5) is 3.49. The van der Waals surface area contributed by atoms with Gasteiger partial charge >= 0.3 is 0 Å². The summed E-state index contributed by atoms with van der Waals surface area (Å²) in [6.45, 7) is 8.26. The molecule has 0 atom stereocenters. The fourth-order valence-corrected chi connectivity index (χ4v) is 3.86. The third kappa shape index (κ3) is 3.10. The maximum atomic E-state index is 5.37. The third-order valence-corrected chi connectivity index (χ3v) is 5.34. The van der Waals surface area contributed by atoms with Crippen LogP contribution < -0.4 is 0 Å². The van der Waals surface area contributed by atoms with Crippen molar-refractivity contribution in [2.24, 2.45) is 0 Å². The maximum Gasteiger partial charge on any atom is 0.141 e. The topological polar surface area (TPSA) is 21.1 Å². The van der Waals surface area contributed by atoms with Crippen molar-refractivity contribution in [3.8, 4) is 5.69 Å². The lowest BCUT2D eigenvalue weighted by molar-refractivity contribution is 0.511.